The number of carbonyl (C=O) groups is 2. The summed E-state index contributed by atoms with van der Waals surface area (Å²) in [5.74, 6) is -2.37. The molecule has 0 radical (unpaired) electrons. The normalized spacial score (nSPS) is 15.5. The van der Waals surface area contributed by atoms with Gasteiger partial charge in [-0.15, -0.1) is 6.58 Å². The van der Waals surface area contributed by atoms with Gasteiger partial charge >= 0.3 is 29.0 Å². The molecule has 0 bridgehead atoms. The van der Waals surface area contributed by atoms with E-state index < -0.39 is 85.6 Å². The fourth-order valence-electron chi connectivity index (χ4n) is 2.87. The third kappa shape index (κ3) is 7.97. The lowest BCUT2D eigenvalue weighted by molar-refractivity contribution is -0.169. The van der Waals surface area contributed by atoms with E-state index in [2.05, 4.69) is 16.1 Å². The van der Waals surface area contributed by atoms with Crippen molar-refractivity contribution >= 4 is 11.9 Å². The number of hydrogen-bond acceptors (Lipinski definition) is 12. The van der Waals surface area contributed by atoms with E-state index in [1.165, 1.54) is 6.08 Å². The number of nitrogens with zero attached hydrogens (tertiary/aromatic N) is 3. The number of allylic oxidation sites excluding steroid dienone is 1. The molecule has 0 fully saturated rings. The molecule has 198 valence electrons. The zero-order chi connectivity index (χ0) is 26.9. The van der Waals surface area contributed by atoms with Gasteiger partial charge in [0, 0.05) is 0 Å². The molecule has 0 aliphatic heterocycles. The molecular formula is C20H31N3O12. The Morgan fingerprint density at radius 2 is 1.46 bits per heavy atom. The van der Waals surface area contributed by atoms with E-state index in [0.29, 0.717) is 13.7 Å². The Hall–Kier alpha value is -3.11. The maximum Gasteiger partial charge on any atom is 0.337 e. The Kier molecular flexibility index (Phi) is 11.7. The van der Waals surface area contributed by atoms with Gasteiger partial charge in [-0.05, 0) is 6.42 Å². The van der Waals surface area contributed by atoms with E-state index in [-0.39, 0.29) is 13.0 Å². The summed E-state index contributed by atoms with van der Waals surface area (Å²) in [5.41, 5.74) is -3.17. The van der Waals surface area contributed by atoms with Crippen molar-refractivity contribution in [3.05, 3.63) is 44.1 Å². The number of ether oxygens (including phenoxy) is 2. The zero-order valence-corrected chi connectivity index (χ0v) is 19.3. The summed E-state index contributed by atoms with van der Waals surface area (Å²) in [6.45, 7) is 2.80. The van der Waals surface area contributed by atoms with Crippen LogP contribution in [0.2, 0.25) is 0 Å². The fourth-order valence-corrected chi connectivity index (χ4v) is 2.87. The van der Waals surface area contributed by atoms with E-state index in [0.717, 1.165) is 7.11 Å². The summed E-state index contributed by atoms with van der Waals surface area (Å²) in [6, 6.07) is 0. The van der Waals surface area contributed by atoms with Gasteiger partial charge in [0.1, 0.15) is 18.8 Å². The Balaban J connectivity index is 3.01. The minimum Gasteiger partial charge on any atom is -0.469 e. The Labute approximate surface area is 198 Å². The molecule has 0 saturated heterocycles. The summed E-state index contributed by atoms with van der Waals surface area (Å²) in [7, 11) is 1.03. The number of aromatic nitrogens is 3. The predicted molar refractivity (Wildman–Crippen MR) is 117 cm³/mol. The zero-order valence-electron chi connectivity index (χ0n) is 19.3. The highest BCUT2D eigenvalue weighted by Crippen LogP contribution is 2.07. The number of carbonyl (C=O) groups excluding carboxylic acids is 2. The maximum atomic E-state index is 12.7. The van der Waals surface area contributed by atoms with Crippen molar-refractivity contribution in [3.8, 4) is 0 Å². The number of rotatable bonds is 14. The van der Waals surface area contributed by atoms with Crippen LogP contribution in [0, 0.1) is 0 Å². The summed E-state index contributed by atoms with van der Waals surface area (Å²) in [6.07, 6.45) is -8.24. The first-order chi connectivity index (χ1) is 16.4. The van der Waals surface area contributed by atoms with Crippen LogP contribution in [0.25, 0.3) is 0 Å². The maximum absolute atomic E-state index is 12.7. The number of aliphatic hydroxyl groups excluding tert-OH is 5. The monoisotopic (exact) mass is 505 g/mol. The van der Waals surface area contributed by atoms with Crippen LogP contribution in [0.5, 0.6) is 0 Å². The highest BCUT2D eigenvalue weighted by Gasteiger charge is 2.33. The third-order valence-corrected chi connectivity index (χ3v) is 4.94. The fraction of sp³-hybridized carbons (Fsp3) is 0.650. The van der Waals surface area contributed by atoms with Crippen molar-refractivity contribution in [2.24, 2.45) is 0 Å². The van der Waals surface area contributed by atoms with Crippen LogP contribution >= 0.6 is 0 Å². The molecule has 5 atom stereocenters. The first-order valence-electron chi connectivity index (χ1n) is 10.6. The average Bonchev–Trinajstić information content (AvgIpc) is 2.84. The predicted octanol–water partition coefficient (Wildman–Crippen LogP) is -4.32. The number of esters is 2. The molecule has 0 saturated carbocycles. The molecule has 1 heterocycles. The SMILES string of the molecule is C=CCn1c(=O)n(CC(O)CC)c(=O)n(CC(O)COC(=O)C(O)C(O)C(O)CC(=O)OC)c1=O. The molecule has 5 unspecified atom stereocenters. The lowest BCUT2D eigenvalue weighted by Gasteiger charge is -2.22. The number of methoxy groups -OCH3 is 1. The lowest BCUT2D eigenvalue weighted by atomic mass is 10.1. The van der Waals surface area contributed by atoms with Gasteiger partial charge in [-0.25, -0.2) is 32.9 Å². The highest BCUT2D eigenvalue weighted by atomic mass is 16.6. The second-order valence-corrected chi connectivity index (χ2v) is 7.60. The second kappa shape index (κ2) is 13.7. The molecule has 0 aliphatic rings. The average molecular weight is 505 g/mol. The van der Waals surface area contributed by atoms with Crippen LogP contribution in [0.15, 0.2) is 27.0 Å². The van der Waals surface area contributed by atoms with Gasteiger partial charge in [0.25, 0.3) is 0 Å². The van der Waals surface area contributed by atoms with Crippen LogP contribution in [0.1, 0.15) is 19.8 Å². The van der Waals surface area contributed by atoms with E-state index in [1.54, 1.807) is 6.92 Å². The van der Waals surface area contributed by atoms with Crippen LogP contribution in [0.4, 0.5) is 0 Å². The summed E-state index contributed by atoms with van der Waals surface area (Å²) < 4.78 is 10.8. The van der Waals surface area contributed by atoms with Crippen LogP contribution in [0.3, 0.4) is 0 Å². The largest absolute Gasteiger partial charge is 0.469 e. The molecule has 15 heteroatoms. The second-order valence-electron chi connectivity index (χ2n) is 7.60. The van der Waals surface area contributed by atoms with Crippen LogP contribution in [-0.2, 0) is 38.7 Å². The Morgan fingerprint density at radius 1 is 0.943 bits per heavy atom. The standard InChI is InChI=1S/C20H31N3O12/c1-4-6-21-18(31)22(8-11(24)5-2)20(33)23(19(21)32)9-12(25)10-35-17(30)16(29)15(28)13(26)7-14(27)34-3/h4,11-13,15-16,24-26,28-29H,1,5-10H2,2-3H3. The van der Waals surface area contributed by atoms with Crippen LogP contribution in [-0.4, -0.2) is 95.4 Å². The summed E-state index contributed by atoms with van der Waals surface area (Å²) >= 11 is 0. The van der Waals surface area contributed by atoms with Crippen molar-refractivity contribution in [2.45, 2.75) is 69.9 Å². The Bertz CT molecular complexity index is 1060. The number of hydrogen-bond donors (Lipinski definition) is 5. The van der Waals surface area contributed by atoms with Gasteiger partial charge in [-0.1, -0.05) is 13.0 Å². The smallest absolute Gasteiger partial charge is 0.337 e. The quantitative estimate of drug-likeness (QED) is 0.120. The Morgan fingerprint density at radius 3 is 1.94 bits per heavy atom. The van der Waals surface area contributed by atoms with E-state index in [4.69, 9.17) is 0 Å². The molecule has 1 aromatic heterocycles. The van der Waals surface area contributed by atoms with Gasteiger partial charge in [0.2, 0.25) is 0 Å². The van der Waals surface area contributed by atoms with Crippen molar-refractivity contribution in [1.82, 2.24) is 13.7 Å². The van der Waals surface area contributed by atoms with E-state index >= 15 is 0 Å². The van der Waals surface area contributed by atoms with Crippen LogP contribution < -0.4 is 17.1 Å². The molecule has 0 aliphatic carbocycles. The van der Waals surface area contributed by atoms with E-state index in [9.17, 15) is 49.5 Å². The molecule has 0 amide bonds. The summed E-state index contributed by atoms with van der Waals surface area (Å²) in [5, 5.41) is 49.3. The van der Waals surface area contributed by atoms with Gasteiger partial charge in [0.05, 0.1) is 45.4 Å². The molecular weight excluding hydrogens is 474 g/mol. The summed E-state index contributed by atoms with van der Waals surface area (Å²) in [4.78, 5) is 60.9. The van der Waals surface area contributed by atoms with Gasteiger partial charge in [-0.2, -0.15) is 0 Å². The molecule has 1 rings (SSSR count). The van der Waals surface area contributed by atoms with E-state index in [1.807, 2.05) is 0 Å². The van der Waals surface area contributed by atoms with Gasteiger partial charge in [-0.3, -0.25) is 4.79 Å². The van der Waals surface area contributed by atoms with Gasteiger partial charge < -0.3 is 35.0 Å². The van der Waals surface area contributed by atoms with Gasteiger partial charge in [0.15, 0.2) is 6.10 Å². The first kappa shape index (κ1) is 29.9. The minimum atomic E-state index is -2.29. The first-order valence-corrected chi connectivity index (χ1v) is 10.6. The highest BCUT2D eigenvalue weighted by molar-refractivity contribution is 5.75. The topological polar surface area (TPSA) is 220 Å². The number of aliphatic hydroxyl groups is 5. The molecule has 1 aromatic rings. The molecule has 35 heavy (non-hydrogen) atoms. The molecule has 5 N–H and O–H groups in total. The van der Waals surface area contributed by atoms with Crippen molar-refractivity contribution in [1.29, 1.82) is 0 Å². The van der Waals surface area contributed by atoms with Crippen molar-refractivity contribution < 1.29 is 44.6 Å². The van der Waals surface area contributed by atoms with Crippen molar-refractivity contribution in [2.75, 3.05) is 13.7 Å². The van der Waals surface area contributed by atoms with Crippen molar-refractivity contribution in [3.63, 3.8) is 0 Å². The lowest BCUT2D eigenvalue weighted by Crippen LogP contribution is -2.56. The molecule has 0 aromatic carbocycles. The third-order valence-electron chi connectivity index (χ3n) is 4.94. The minimum absolute atomic E-state index is 0.216. The molecule has 15 nitrogen and oxygen atoms in total. The molecule has 0 spiro atoms.